The third-order valence-electron chi connectivity index (χ3n) is 2.52. The van der Waals surface area contributed by atoms with Crippen molar-refractivity contribution in [2.75, 3.05) is 11.1 Å². The number of nitrogens with one attached hydrogen (secondary N) is 1. The minimum Gasteiger partial charge on any atom is -0.399 e. The van der Waals surface area contributed by atoms with Gasteiger partial charge >= 0.3 is 0 Å². The molecule has 0 aliphatic heterocycles. The first kappa shape index (κ1) is 13.7. The first-order valence-electron chi connectivity index (χ1n) is 5.39. The predicted molar refractivity (Wildman–Crippen MR) is 81.8 cm³/mol. The molecule has 4 nitrogen and oxygen atoms in total. The van der Waals surface area contributed by atoms with E-state index in [0.717, 1.165) is 0 Å². The van der Waals surface area contributed by atoms with Crippen molar-refractivity contribution in [1.82, 2.24) is 0 Å². The Balaban J connectivity index is 2.46. The van der Waals surface area contributed by atoms with E-state index in [0.29, 0.717) is 32.1 Å². The monoisotopic (exact) mass is 339 g/mol. The Labute approximate surface area is 123 Å². The highest BCUT2D eigenvalue weighted by molar-refractivity contribution is 9.10. The molecule has 0 unspecified atom stereocenters. The number of carbonyl (C=O) groups is 1. The number of anilines is 3. The highest BCUT2D eigenvalue weighted by Gasteiger charge is 2.13. The van der Waals surface area contributed by atoms with Crippen LogP contribution in [0.15, 0.2) is 40.9 Å². The number of carbonyl (C=O) groups excluding carboxylic acids is 1. The molecule has 0 fully saturated rings. The van der Waals surface area contributed by atoms with Gasteiger partial charge in [0.25, 0.3) is 5.91 Å². The number of benzene rings is 2. The van der Waals surface area contributed by atoms with Crippen LogP contribution in [0.5, 0.6) is 0 Å². The molecule has 0 atom stereocenters. The molecule has 2 aromatic rings. The first-order chi connectivity index (χ1) is 8.99. The van der Waals surface area contributed by atoms with E-state index in [1.54, 1.807) is 36.4 Å². The second kappa shape index (κ2) is 5.50. The fraction of sp³-hybridized carbons (Fsp3) is 0. The lowest BCUT2D eigenvalue weighted by Crippen LogP contribution is -2.14. The van der Waals surface area contributed by atoms with E-state index in [1.807, 2.05) is 0 Å². The van der Waals surface area contributed by atoms with Crippen LogP contribution in [-0.2, 0) is 0 Å². The van der Waals surface area contributed by atoms with E-state index < -0.39 is 5.91 Å². The zero-order valence-corrected chi connectivity index (χ0v) is 12.1. The fourth-order valence-electron chi connectivity index (χ4n) is 1.66. The molecule has 0 heterocycles. The molecule has 0 spiro atoms. The van der Waals surface area contributed by atoms with Gasteiger partial charge in [-0.3, -0.25) is 4.79 Å². The third-order valence-corrected chi connectivity index (χ3v) is 3.51. The molecular formula is C13H11BrClN3O. The van der Waals surface area contributed by atoms with Gasteiger partial charge in [0.1, 0.15) is 0 Å². The number of hydrogen-bond donors (Lipinski definition) is 3. The van der Waals surface area contributed by atoms with Gasteiger partial charge in [-0.2, -0.15) is 0 Å². The highest BCUT2D eigenvalue weighted by atomic mass is 79.9. The van der Waals surface area contributed by atoms with Gasteiger partial charge in [0.05, 0.1) is 22.0 Å². The average Bonchev–Trinajstić information content (AvgIpc) is 2.33. The lowest BCUT2D eigenvalue weighted by atomic mass is 10.1. The van der Waals surface area contributed by atoms with Crippen LogP contribution >= 0.6 is 27.5 Å². The minimum atomic E-state index is -0.532. The molecule has 98 valence electrons. The largest absolute Gasteiger partial charge is 0.399 e. The third kappa shape index (κ3) is 3.00. The molecule has 5 N–H and O–H groups in total. The fourth-order valence-corrected chi connectivity index (χ4v) is 2.39. The minimum absolute atomic E-state index is 0.362. The Morgan fingerprint density at radius 3 is 2.63 bits per heavy atom. The normalized spacial score (nSPS) is 10.2. The summed E-state index contributed by atoms with van der Waals surface area (Å²) >= 11 is 9.37. The summed E-state index contributed by atoms with van der Waals surface area (Å²) in [6, 6.07) is 10.3. The van der Waals surface area contributed by atoms with Gasteiger partial charge in [-0.05, 0) is 46.3 Å². The van der Waals surface area contributed by atoms with Crippen molar-refractivity contribution in [3.05, 3.63) is 51.5 Å². The maximum Gasteiger partial charge on any atom is 0.251 e. The van der Waals surface area contributed by atoms with Gasteiger partial charge < -0.3 is 16.8 Å². The van der Waals surface area contributed by atoms with Crippen LogP contribution in [0.25, 0.3) is 0 Å². The molecule has 19 heavy (non-hydrogen) atoms. The van der Waals surface area contributed by atoms with Crippen molar-refractivity contribution < 1.29 is 4.79 Å². The summed E-state index contributed by atoms with van der Waals surface area (Å²) in [5.74, 6) is -0.532. The first-order valence-corrected chi connectivity index (χ1v) is 6.56. The number of rotatable bonds is 3. The molecule has 0 saturated carbocycles. The number of hydrogen-bond acceptors (Lipinski definition) is 3. The maximum atomic E-state index is 11.5. The molecule has 0 aliphatic carbocycles. The van der Waals surface area contributed by atoms with Gasteiger partial charge in [0.15, 0.2) is 0 Å². The Morgan fingerprint density at radius 2 is 1.95 bits per heavy atom. The molecule has 1 amide bonds. The number of nitrogen functional groups attached to an aromatic ring is 1. The molecule has 2 rings (SSSR count). The zero-order chi connectivity index (χ0) is 14.0. The SMILES string of the molecule is NC(=O)c1c(Br)cccc1Nc1cc(N)ccc1Cl. The number of primary amides is 1. The van der Waals surface area contributed by atoms with Crippen LogP contribution < -0.4 is 16.8 Å². The van der Waals surface area contributed by atoms with E-state index in [1.165, 1.54) is 0 Å². The summed E-state index contributed by atoms with van der Waals surface area (Å²) in [6.07, 6.45) is 0. The van der Waals surface area contributed by atoms with Crippen LogP contribution in [0, 0.1) is 0 Å². The smallest absolute Gasteiger partial charge is 0.251 e. The molecular weight excluding hydrogens is 330 g/mol. The molecule has 0 aliphatic rings. The zero-order valence-electron chi connectivity index (χ0n) is 9.78. The maximum absolute atomic E-state index is 11.5. The van der Waals surface area contributed by atoms with E-state index in [9.17, 15) is 4.79 Å². The van der Waals surface area contributed by atoms with Crippen LogP contribution in [0.2, 0.25) is 5.02 Å². The summed E-state index contributed by atoms with van der Waals surface area (Å²) in [5, 5.41) is 3.57. The molecule has 2 aromatic carbocycles. The summed E-state index contributed by atoms with van der Waals surface area (Å²) in [6.45, 7) is 0. The van der Waals surface area contributed by atoms with Gasteiger partial charge in [-0.25, -0.2) is 0 Å². The van der Waals surface area contributed by atoms with Gasteiger partial charge in [-0.15, -0.1) is 0 Å². The van der Waals surface area contributed by atoms with Crippen LogP contribution in [0.4, 0.5) is 17.1 Å². The Morgan fingerprint density at radius 1 is 1.21 bits per heavy atom. The van der Waals surface area contributed by atoms with Crippen molar-refractivity contribution in [3.8, 4) is 0 Å². The summed E-state index contributed by atoms with van der Waals surface area (Å²) < 4.78 is 0.616. The van der Waals surface area contributed by atoms with Crippen molar-refractivity contribution in [3.63, 3.8) is 0 Å². The lowest BCUT2D eigenvalue weighted by molar-refractivity contribution is 0.100. The predicted octanol–water partition coefficient (Wildman–Crippen LogP) is 3.53. The lowest BCUT2D eigenvalue weighted by Gasteiger charge is -2.13. The Hall–Kier alpha value is -1.72. The topological polar surface area (TPSA) is 81.1 Å². The molecule has 0 saturated heterocycles. The molecule has 0 aromatic heterocycles. The molecule has 0 radical (unpaired) electrons. The number of nitrogens with two attached hydrogens (primary N) is 2. The highest BCUT2D eigenvalue weighted by Crippen LogP contribution is 2.31. The van der Waals surface area contributed by atoms with E-state index in [4.69, 9.17) is 23.1 Å². The standard InChI is InChI=1S/C13H11BrClN3O/c14-8-2-1-3-10(12(8)13(17)19)18-11-6-7(16)4-5-9(11)15/h1-6,18H,16H2,(H2,17,19). The van der Waals surface area contributed by atoms with Crippen LogP contribution in [0.1, 0.15) is 10.4 Å². The number of amides is 1. The van der Waals surface area contributed by atoms with E-state index in [2.05, 4.69) is 21.2 Å². The molecule has 0 bridgehead atoms. The van der Waals surface area contributed by atoms with Crippen molar-refractivity contribution >= 4 is 50.5 Å². The van der Waals surface area contributed by atoms with Crippen LogP contribution in [0.3, 0.4) is 0 Å². The summed E-state index contributed by atoms with van der Waals surface area (Å²) in [4.78, 5) is 11.5. The van der Waals surface area contributed by atoms with Crippen molar-refractivity contribution in [2.45, 2.75) is 0 Å². The van der Waals surface area contributed by atoms with E-state index in [-0.39, 0.29) is 0 Å². The summed E-state index contributed by atoms with van der Waals surface area (Å²) in [7, 11) is 0. The Kier molecular flexibility index (Phi) is 3.97. The van der Waals surface area contributed by atoms with Crippen molar-refractivity contribution in [1.29, 1.82) is 0 Å². The van der Waals surface area contributed by atoms with Crippen LogP contribution in [-0.4, -0.2) is 5.91 Å². The van der Waals surface area contributed by atoms with Gasteiger partial charge in [0.2, 0.25) is 0 Å². The summed E-state index contributed by atoms with van der Waals surface area (Å²) in [5.41, 5.74) is 13.2. The quantitative estimate of drug-likeness (QED) is 0.748. The second-order valence-corrected chi connectivity index (χ2v) is 5.15. The van der Waals surface area contributed by atoms with Crippen molar-refractivity contribution in [2.24, 2.45) is 5.73 Å². The van der Waals surface area contributed by atoms with Gasteiger partial charge in [0, 0.05) is 10.2 Å². The molecule has 6 heteroatoms. The second-order valence-electron chi connectivity index (χ2n) is 3.89. The average molecular weight is 341 g/mol. The Bertz CT molecular complexity index is 646. The number of halogens is 2. The van der Waals surface area contributed by atoms with E-state index >= 15 is 0 Å². The van der Waals surface area contributed by atoms with Gasteiger partial charge in [-0.1, -0.05) is 17.7 Å².